The summed E-state index contributed by atoms with van der Waals surface area (Å²) < 4.78 is 1.92. The molecule has 0 aliphatic rings. The number of carbonyl (C=O) groups is 2. The van der Waals surface area contributed by atoms with Crippen LogP contribution in [0.5, 0.6) is 0 Å². The molecule has 7 nitrogen and oxygen atoms in total. The third-order valence-corrected chi connectivity index (χ3v) is 5.18. The number of nitrogens with zero attached hydrogens (tertiary/aromatic N) is 4. The maximum atomic E-state index is 12.5. The molecule has 3 amide bonds. The van der Waals surface area contributed by atoms with E-state index in [9.17, 15) is 9.59 Å². The highest BCUT2D eigenvalue weighted by atomic mass is 35.5. The summed E-state index contributed by atoms with van der Waals surface area (Å²) in [5, 5.41) is 3.44. The predicted octanol–water partition coefficient (Wildman–Crippen LogP) is 3.90. The Labute approximate surface area is 174 Å². The number of nitrogens with one attached hydrogen (secondary N) is 1. The summed E-state index contributed by atoms with van der Waals surface area (Å²) in [4.78, 5) is 32.4. The Balaban J connectivity index is 1.77. The molecule has 0 radical (unpaired) electrons. The summed E-state index contributed by atoms with van der Waals surface area (Å²) in [6.07, 6.45) is 0. The van der Waals surface area contributed by atoms with Crippen LogP contribution in [-0.4, -0.2) is 52.4 Å². The van der Waals surface area contributed by atoms with Crippen LogP contribution in [0.15, 0.2) is 36.4 Å². The van der Waals surface area contributed by atoms with Crippen molar-refractivity contribution in [3.05, 3.63) is 58.4 Å². The van der Waals surface area contributed by atoms with E-state index in [1.54, 1.807) is 44.2 Å². The van der Waals surface area contributed by atoms with Gasteiger partial charge in [-0.05, 0) is 42.8 Å². The number of aryl methyl sites for hydroxylation is 2. The zero-order chi connectivity index (χ0) is 21.3. The maximum absolute atomic E-state index is 12.5. The van der Waals surface area contributed by atoms with Gasteiger partial charge in [0.25, 0.3) is 5.91 Å². The molecule has 0 aliphatic carbocycles. The lowest BCUT2D eigenvalue weighted by Gasteiger charge is -2.18. The van der Waals surface area contributed by atoms with E-state index in [-0.39, 0.29) is 11.9 Å². The highest BCUT2D eigenvalue weighted by Crippen LogP contribution is 2.21. The molecule has 0 spiro atoms. The molecule has 3 aromatic rings. The van der Waals surface area contributed by atoms with Crippen LogP contribution in [-0.2, 0) is 13.6 Å². The molecule has 0 fully saturated rings. The second kappa shape index (κ2) is 8.13. The van der Waals surface area contributed by atoms with E-state index in [2.05, 4.69) is 10.3 Å². The number of amides is 3. The molecule has 0 saturated carbocycles. The lowest BCUT2D eigenvalue weighted by Crippen LogP contribution is -2.31. The Kier molecular flexibility index (Phi) is 5.79. The SMILES string of the molecule is Cc1ccc(NC(=O)N(C)Cc2nc3cc(C(=O)N(C)C)ccc3n2C)cc1Cl. The normalized spacial score (nSPS) is 10.8. The topological polar surface area (TPSA) is 70.5 Å². The van der Waals surface area contributed by atoms with Gasteiger partial charge in [-0.15, -0.1) is 0 Å². The van der Waals surface area contributed by atoms with Gasteiger partial charge in [-0.3, -0.25) is 4.79 Å². The maximum Gasteiger partial charge on any atom is 0.321 e. The number of hydrogen-bond acceptors (Lipinski definition) is 3. The molecule has 0 aliphatic heterocycles. The molecule has 1 N–H and O–H groups in total. The summed E-state index contributed by atoms with van der Waals surface area (Å²) in [7, 11) is 7.02. The van der Waals surface area contributed by atoms with Crippen LogP contribution >= 0.6 is 11.6 Å². The number of anilines is 1. The van der Waals surface area contributed by atoms with Gasteiger partial charge in [0, 0.05) is 44.5 Å². The van der Waals surface area contributed by atoms with Crippen molar-refractivity contribution in [2.75, 3.05) is 26.5 Å². The Morgan fingerprint density at radius 2 is 1.86 bits per heavy atom. The van der Waals surface area contributed by atoms with Crippen LogP contribution in [0.4, 0.5) is 10.5 Å². The smallest absolute Gasteiger partial charge is 0.321 e. The molecule has 3 rings (SSSR count). The standard InChI is InChI=1S/C21H24ClN5O2/c1-13-6-8-15(11-16(13)22)23-21(29)26(4)12-19-24-17-10-14(20(28)25(2)3)7-9-18(17)27(19)5/h6-11H,12H2,1-5H3,(H,23,29). The first-order valence-corrected chi connectivity index (χ1v) is 9.50. The van der Waals surface area contributed by atoms with Gasteiger partial charge in [-0.2, -0.15) is 0 Å². The average molecular weight is 414 g/mol. The van der Waals surface area contributed by atoms with E-state index >= 15 is 0 Å². The lowest BCUT2D eigenvalue weighted by molar-refractivity contribution is 0.0827. The quantitative estimate of drug-likeness (QED) is 0.705. The minimum atomic E-state index is -0.263. The Hall–Kier alpha value is -3.06. The van der Waals surface area contributed by atoms with Crippen molar-refractivity contribution in [1.29, 1.82) is 0 Å². The summed E-state index contributed by atoms with van der Waals surface area (Å²) in [5.74, 6) is 0.640. The number of benzene rings is 2. The van der Waals surface area contributed by atoms with Gasteiger partial charge in [0.05, 0.1) is 17.6 Å². The van der Waals surface area contributed by atoms with Crippen molar-refractivity contribution in [3.8, 4) is 0 Å². The van der Waals surface area contributed by atoms with Crippen molar-refractivity contribution < 1.29 is 9.59 Å². The van der Waals surface area contributed by atoms with Crippen LogP contribution in [0.1, 0.15) is 21.7 Å². The fraction of sp³-hybridized carbons (Fsp3) is 0.286. The number of hydrogen-bond donors (Lipinski definition) is 1. The van der Waals surface area contributed by atoms with Crippen LogP contribution in [0.2, 0.25) is 5.02 Å². The van der Waals surface area contributed by atoms with Crippen molar-refractivity contribution in [1.82, 2.24) is 19.4 Å². The Morgan fingerprint density at radius 3 is 2.52 bits per heavy atom. The molecule has 1 heterocycles. The van der Waals surface area contributed by atoms with Gasteiger partial charge in [-0.1, -0.05) is 17.7 Å². The predicted molar refractivity (Wildman–Crippen MR) is 115 cm³/mol. The number of rotatable bonds is 4. The third kappa shape index (κ3) is 4.35. The average Bonchev–Trinajstić information content (AvgIpc) is 2.98. The van der Waals surface area contributed by atoms with E-state index in [0.29, 0.717) is 34.2 Å². The zero-order valence-corrected chi connectivity index (χ0v) is 17.9. The van der Waals surface area contributed by atoms with E-state index in [4.69, 9.17) is 11.6 Å². The molecule has 1 aromatic heterocycles. The number of aromatic nitrogens is 2. The molecule has 0 unspecified atom stereocenters. The highest BCUT2D eigenvalue weighted by Gasteiger charge is 2.16. The molecular formula is C21H24ClN5O2. The second-order valence-electron chi connectivity index (χ2n) is 7.24. The van der Waals surface area contributed by atoms with Gasteiger partial charge in [0.15, 0.2) is 0 Å². The lowest BCUT2D eigenvalue weighted by atomic mass is 10.2. The zero-order valence-electron chi connectivity index (χ0n) is 17.2. The molecule has 29 heavy (non-hydrogen) atoms. The monoisotopic (exact) mass is 413 g/mol. The van der Waals surface area contributed by atoms with Gasteiger partial charge in [0.2, 0.25) is 0 Å². The molecule has 0 bridgehead atoms. The fourth-order valence-electron chi connectivity index (χ4n) is 2.96. The number of fused-ring (bicyclic) bond motifs is 1. The van der Waals surface area contributed by atoms with Gasteiger partial charge < -0.3 is 19.7 Å². The molecule has 0 saturated heterocycles. The number of carbonyl (C=O) groups excluding carboxylic acids is 2. The minimum absolute atomic E-state index is 0.0765. The highest BCUT2D eigenvalue weighted by molar-refractivity contribution is 6.31. The van der Waals surface area contributed by atoms with Crippen LogP contribution < -0.4 is 5.32 Å². The van der Waals surface area contributed by atoms with Crippen molar-refractivity contribution in [2.45, 2.75) is 13.5 Å². The first kappa shape index (κ1) is 20.7. The summed E-state index contributed by atoms with van der Waals surface area (Å²) in [6.45, 7) is 2.22. The van der Waals surface area contributed by atoms with Crippen molar-refractivity contribution in [3.63, 3.8) is 0 Å². The molecule has 8 heteroatoms. The summed E-state index contributed by atoms with van der Waals surface area (Å²) in [5.41, 5.74) is 3.78. The van der Waals surface area contributed by atoms with E-state index in [1.807, 2.05) is 36.7 Å². The van der Waals surface area contributed by atoms with Gasteiger partial charge in [0.1, 0.15) is 5.82 Å². The number of imidazole rings is 1. The van der Waals surface area contributed by atoms with Gasteiger partial charge in [-0.25, -0.2) is 9.78 Å². The largest absolute Gasteiger partial charge is 0.345 e. The Morgan fingerprint density at radius 1 is 1.14 bits per heavy atom. The second-order valence-corrected chi connectivity index (χ2v) is 7.65. The van der Waals surface area contributed by atoms with Crippen LogP contribution in [0, 0.1) is 6.92 Å². The number of urea groups is 1. The van der Waals surface area contributed by atoms with Crippen LogP contribution in [0.25, 0.3) is 11.0 Å². The van der Waals surface area contributed by atoms with Crippen molar-refractivity contribution >= 4 is 40.3 Å². The minimum Gasteiger partial charge on any atom is -0.345 e. The molecule has 152 valence electrons. The molecular weight excluding hydrogens is 390 g/mol. The molecule has 2 aromatic carbocycles. The Bertz CT molecular complexity index is 1090. The van der Waals surface area contributed by atoms with Crippen molar-refractivity contribution in [2.24, 2.45) is 7.05 Å². The third-order valence-electron chi connectivity index (χ3n) is 4.77. The molecule has 0 atom stereocenters. The van der Waals surface area contributed by atoms with E-state index < -0.39 is 0 Å². The van der Waals surface area contributed by atoms with Crippen LogP contribution in [0.3, 0.4) is 0 Å². The first-order valence-electron chi connectivity index (χ1n) is 9.12. The van der Waals surface area contributed by atoms with E-state index in [1.165, 1.54) is 4.90 Å². The summed E-state index contributed by atoms with van der Waals surface area (Å²) >= 11 is 6.12. The van der Waals surface area contributed by atoms with Gasteiger partial charge >= 0.3 is 6.03 Å². The summed E-state index contributed by atoms with van der Waals surface area (Å²) in [6, 6.07) is 10.6. The number of halogens is 1. The fourth-order valence-corrected chi connectivity index (χ4v) is 3.14. The van der Waals surface area contributed by atoms with E-state index in [0.717, 1.165) is 11.1 Å². The first-order chi connectivity index (χ1) is 13.7.